The number of halogens is 1. The molecule has 0 saturated carbocycles. The maximum absolute atomic E-state index is 13.6. The largest absolute Gasteiger partial charge is 0.348 e. The van der Waals surface area contributed by atoms with Gasteiger partial charge in [0, 0.05) is 30.2 Å². The summed E-state index contributed by atoms with van der Waals surface area (Å²) in [6, 6.07) is 14.2. The molecule has 0 fully saturated rings. The Kier molecular flexibility index (Phi) is 5.53. The summed E-state index contributed by atoms with van der Waals surface area (Å²) in [5.74, 6) is -0.288. The van der Waals surface area contributed by atoms with Gasteiger partial charge in [0.15, 0.2) is 0 Å². The minimum Gasteiger partial charge on any atom is -0.348 e. The number of hydrogen-bond donors (Lipinski definition) is 2. The first kappa shape index (κ1) is 17.5. The zero-order chi connectivity index (χ0) is 18.4. The summed E-state index contributed by atoms with van der Waals surface area (Å²) in [6.07, 6.45) is 3.78. The van der Waals surface area contributed by atoms with Crippen LogP contribution in [0.4, 0.5) is 16.0 Å². The summed E-state index contributed by atoms with van der Waals surface area (Å²) in [4.78, 5) is 20.5. The first-order valence-corrected chi connectivity index (χ1v) is 8.36. The third kappa shape index (κ3) is 4.22. The second-order valence-corrected chi connectivity index (χ2v) is 5.71. The van der Waals surface area contributed by atoms with E-state index in [-0.39, 0.29) is 18.3 Å². The van der Waals surface area contributed by atoms with E-state index >= 15 is 0 Å². The number of carbonyl (C=O) groups excluding carboxylic acids is 1. The van der Waals surface area contributed by atoms with Gasteiger partial charge in [-0.15, -0.1) is 0 Å². The van der Waals surface area contributed by atoms with Gasteiger partial charge < -0.3 is 10.6 Å². The summed E-state index contributed by atoms with van der Waals surface area (Å²) >= 11 is 0. The van der Waals surface area contributed by atoms with Crippen LogP contribution in [-0.2, 0) is 13.0 Å². The molecule has 0 aliphatic rings. The second-order valence-electron chi connectivity index (χ2n) is 5.71. The molecule has 1 amide bonds. The maximum Gasteiger partial charge on any atom is 0.254 e. The number of rotatable bonds is 6. The van der Waals surface area contributed by atoms with Gasteiger partial charge in [-0.2, -0.15) is 0 Å². The number of amides is 1. The van der Waals surface area contributed by atoms with Crippen molar-refractivity contribution in [3.05, 3.63) is 83.4 Å². The van der Waals surface area contributed by atoms with Crippen LogP contribution in [0.3, 0.4) is 0 Å². The molecule has 1 aromatic heterocycles. The number of aromatic nitrogens is 2. The van der Waals surface area contributed by atoms with Crippen LogP contribution in [0.5, 0.6) is 0 Å². The quantitative estimate of drug-likeness (QED) is 0.709. The molecule has 6 heteroatoms. The summed E-state index contributed by atoms with van der Waals surface area (Å²) in [7, 11) is 0. The van der Waals surface area contributed by atoms with E-state index in [0.717, 1.165) is 17.7 Å². The van der Waals surface area contributed by atoms with Gasteiger partial charge in [-0.25, -0.2) is 14.4 Å². The lowest BCUT2D eigenvalue weighted by atomic mass is 10.1. The Hall–Kier alpha value is -3.28. The molecular weight excluding hydrogens is 331 g/mol. The van der Waals surface area contributed by atoms with Crippen LogP contribution < -0.4 is 10.6 Å². The zero-order valence-electron chi connectivity index (χ0n) is 14.4. The van der Waals surface area contributed by atoms with Crippen molar-refractivity contribution in [2.24, 2.45) is 0 Å². The molecule has 0 aliphatic carbocycles. The third-order valence-electron chi connectivity index (χ3n) is 3.96. The van der Waals surface area contributed by atoms with Crippen LogP contribution in [0, 0.1) is 5.82 Å². The SMILES string of the molecule is CCc1ccccc1Nc1ncc(C(=O)NCc2ccccc2F)cn1. The van der Waals surface area contributed by atoms with Crippen molar-refractivity contribution in [3.8, 4) is 0 Å². The van der Waals surface area contributed by atoms with E-state index in [1.54, 1.807) is 18.2 Å². The summed E-state index contributed by atoms with van der Waals surface area (Å²) in [6.45, 7) is 2.18. The van der Waals surface area contributed by atoms with Gasteiger partial charge in [-0.1, -0.05) is 43.3 Å². The minimum absolute atomic E-state index is 0.107. The monoisotopic (exact) mass is 350 g/mol. The van der Waals surface area contributed by atoms with Crippen molar-refractivity contribution in [1.29, 1.82) is 0 Å². The second kappa shape index (κ2) is 8.20. The van der Waals surface area contributed by atoms with Crippen molar-refractivity contribution in [2.45, 2.75) is 19.9 Å². The Labute approximate surface area is 151 Å². The molecule has 132 valence electrons. The number of nitrogens with zero attached hydrogens (tertiary/aromatic N) is 2. The molecule has 26 heavy (non-hydrogen) atoms. The molecule has 0 spiro atoms. The normalized spacial score (nSPS) is 10.4. The predicted octanol–water partition coefficient (Wildman–Crippen LogP) is 3.85. The fourth-order valence-electron chi connectivity index (χ4n) is 2.50. The molecule has 1 heterocycles. The van der Waals surface area contributed by atoms with Crippen LogP contribution in [0.15, 0.2) is 60.9 Å². The van der Waals surface area contributed by atoms with Crippen LogP contribution in [-0.4, -0.2) is 15.9 Å². The highest BCUT2D eigenvalue weighted by Crippen LogP contribution is 2.18. The zero-order valence-corrected chi connectivity index (χ0v) is 14.4. The molecule has 0 radical (unpaired) electrons. The van der Waals surface area contributed by atoms with Crippen molar-refractivity contribution < 1.29 is 9.18 Å². The summed E-state index contributed by atoms with van der Waals surface area (Å²) < 4.78 is 13.6. The molecule has 2 aromatic carbocycles. The van der Waals surface area contributed by atoms with E-state index in [9.17, 15) is 9.18 Å². The molecule has 0 unspecified atom stereocenters. The molecule has 0 bridgehead atoms. The van der Waals surface area contributed by atoms with Crippen LogP contribution in [0.2, 0.25) is 0 Å². The van der Waals surface area contributed by atoms with Gasteiger partial charge in [-0.3, -0.25) is 4.79 Å². The van der Waals surface area contributed by atoms with Gasteiger partial charge >= 0.3 is 0 Å². The van der Waals surface area contributed by atoms with Crippen molar-refractivity contribution in [3.63, 3.8) is 0 Å². The van der Waals surface area contributed by atoms with Gasteiger partial charge in [0.05, 0.1) is 5.56 Å². The first-order chi connectivity index (χ1) is 12.7. The number of nitrogens with one attached hydrogen (secondary N) is 2. The number of hydrogen-bond acceptors (Lipinski definition) is 4. The Balaban J connectivity index is 1.63. The van der Waals surface area contributed by atoms with Crippen LogP contribution >= 0.6 is 0 Å². The average Bonchev–Trinajstić information content (AvgIpc) is 2.68. The van der Waals surface area contributed by atoms with Gasteiger partial charge in [0.25, 0.3) is 5.91 Å². The molecular formula is C20H19FN4O. The lowest BCUT2D eigenvalue weighted by Crippen LogP contribution is -2.23. The molecule has 2 N–H and O–H groups in total. The summed E-state index contributed by atoms with van der Waals surface area (Å²) in [5.41, 5.74) is 2.83. The lowest BCUT2D eigenvalue weighted by Gasteiger charge is -2.10. The first-order valence-electron chi connectivity index (χ1n) is 8.36. The Morgan fingerprint density at radius 2 is 1.65 bits per heavy atom. The molecule has 0 atom stereocenters. The van der Waals surface area contributed by atoms with Gasteiger partial charge in [0.2, 0.25) is 5.95 Å². The van der Waals surface area contributed by atoms with E-state index < -0.39 is 0 Å². The Morgan fingerprint density at radius 3 is 2.35 bits per heavy atom. The fourth-order valence-corrected chi connectivity index (χ4v) is 2.50. The Bertz CT molecular complexity index is 896. The van der Waals surface area contributed by atoms with E-state index in [2.05, 4.69) is 27.5 Å². The highest BCUT2D eigenvalue weighted by Gasteiger charge is 2.09. The highest BCUT2D eigenvalue weighted by atomic mass is 19.1. The van der Waals surface area contributed by atoms with Crippen molar-refractivity contribution >= 4 is 17.5 Å². The van der Waals surface area contributed by atoms with Crippen LogP contribution in [0.25, 0.3) is 0 Å². The molecule has 3 rings (SSSR count). The molecule has 5 nitrogen and oxygen atoms in total. The van der Waals surface area contributed by atoms with E-state index in [0.29, 0.717) is 17.1 Å². The number of aryl methyl sites for hydroxylation is 1. The molecule has 0 saturated heterocycles. The maximum atomic E-state index is 13.6. The lowest BCUT2D eigenvalue weighted by molar-refractivity contribution is 0.0950. The summed E-state index contributed by atoms with van der Waals surface area (Å²) in [5, 5.41) is 5.82. The van der Waals surface area contributed by atoms with E-state index in [4.69, 9.17) is 0 Å². The van der Waals surface area contributed by atoms with Crippen LogP contribution in [0.1, 0.15) is 28.4 Å². The van der Waals surface area contributed by atoms with Gasteiger partial charge in [0.1, 0.15) is 5.82 Å². The van der Waals surface area contributed by atoms with E-state index in [1.165, 1.54) is 18.5 Å². The van der Waals surface area contributed by atoms with Crippen molar-refractivity contribution in [1.82, 2.24) is 15.3 Å². The smallest absolute Gasteiger partial charge is 0.254 e. The minimum atomic E-state index is -0.353. The Morgan fingerprint density at radius 1 is 1.00 bits per heavy atom. The van der Waals surface area contributed by atoms with Gasteiger partial charge in [-0.05, 0) is 24.1 Å². The number of anilines is 2. The van der Waals surface area contributed by atoms with Crippen molar-refractivity contribution in [2.75, 3.05) is 5.32 Å². The molecule has 3 aromatic rings. The van der Waals surface area contributed by atoms with E-state index in [1.807, 2.05) is 24.3 Å². The standard InChI is InChI=1S/C20H19FN4O/c1-2-14-7-4-6-10-18(14)25-20-23-12-16(13-24-20)19(26)22-11-15-8-3-5-9-17(15)21/h3-10,12-13H,2,11H2,1H3,(H,22,26)(H,23,24,25). The number of carbonyl (C=O) groups is 1. The average molecular weight is 350 g/mol. The topological polar surface area (TPSA) is 66.9 Å². The fraction of sp³-hybridized carbons (Fsp3) is 0.150. The number of para-hydroxylation sites is 1. The predicted molar refractivity (Wildman–Crippen MR) is 98.7 cm³/mol. The highest BCUT2D eigenvalue weighted by molar-refractivity contribution is 5.93. The molecule has 0 aliphatic heterocycles. The number of benzene rings is 2. The third-order valence-corrected chi connectivity index (χ3v) is 3.96.